The van der Waals surface area contributed by atoms with Gasteiger partial charge >= 0.3 is 0 Å². The number of amides is 1. The first-order chi connectivity index (χ1) is 16.2. The summed E-state index contributed by atoms with van der Waals surface area (Å²) in [4.78, 5) is 28.4. The Morgan fingerprint density at radius 3 is 2.41 bits per heavy atom. The molecule has 2 fully saturated rings. The number of aliphatic hydroxyl groups excluding tert-OH is 1. The fourth-order valence-corrected chi connectivity index (χ4v) is 5.33. The molecule has 34 heavy (non-hydrogen) atoms. The molecule has 1 saturated carbocycles. The monoisotopic (exact) mass is 463 g/mol. The number of carbonyl (C=O) groups excluding carboxylic acids is 2. The minimum atomic E-state index is -0.751. The van der Waals surface area contributed by atoms with Gasteiger partial charge in [-0.1, -0.05) is 45.2 Å². The van der Waals surface area contributed by atoms with Gasteiger partial charge in [-0.15, -0.1) is 0 Å². The predicted molar refractivity (Wildman–Crippen MR) is 131 cm³/mol. The van der Waals surface area contributed by atoms with Crippen LogP contribution in [0.2, 0.25) is 0 Å². The average molecular weight is 464 g/mol. The average Bonchev–Trinajstić information content (AvgIpc) is 3.09. The molecular weight excluding hydrogens is 430 g/mol. The SMILES string of the molecule is COc1cc(C)c(/C(O)=C2\C(=O)C(=O)N(C3CCCCC3)C2c2cccc(O)c2)cc1C(C)C. The maximum Gasteiger partial charge on any atom is 0.295 e. The van der Waals surface area contributed by atoms with Gasteiger partial charge in [-0.3, -0.25) is 9.59 Å². The highest BCUT2D eigenvalue weighted by molar-refractivity contribution is 6.46. The van der Waals surface area contributed by atoms with E-state index in [1.807, 2.05) is 32.9 Å². The molecule has 2 aromatic rings. The van der Waals surface area contributed by atoms with E-state index in [-0.39, 0.29) is 29.0 Å². The van der Waals surface area contributed by atoms with Gasteiger partial charge in [0.15, 0.2) is 0 Å². The van der Waals surface area contributed by atoms with Crippen molar-refractivity contribution < 1.29 is 24.5 Å². The van der Waals surface area contributed by atoms with E-state index >= 15 is 0 Å². The highest BCUT2D eigenvalue weighted by atomic mass is 16.5. The van der Waals surface area contributed by atoms with Crippen LogP contribution in [-0.2, 0) is 9.59 Å². The van der Waals surface area contributed by atoms with Gasteiger partial charge in [0, 0.05) is 11.6 Å². The van der Waals surface area contributed by atoms with Crippen molar-refractivity contribution in [2.24, 2.45) is 0 Å². The third kappa shape index (κ3) is 4.17. The van der Waals surface area contributed by atoms with Gasteiger partial charge in [-0.2, -0.15) is 0 Å². The van der Waals surface area contributed by atoms with Crippen molar-refractivity contribution in [2.45, 2.75) is 70.9 Å². The molecule has 6 heteroatoms. The molecule has 180 valence electrons. The minimum Gasteiger partial charge on any atom is -0.508 e. The van der Waals surface area contributed by atoms with Crippen LogP contribution in [0, 0.1) is 6.92 Å². The van der Waals surface area contributed by atoms with Crippen LogP contribution >= 0.6 is 0 Å². The Kier molecular flexibility index (Phi) is 6.69. The molecule has 1 amide bonds. The van der Waals surface area contributed by atoms with E-state index in [1.165, 1.54) is 0 Å². The Balaban J connectivity index is 1.93. The molecule has 2 N–H and O–H groups in total. The van der Waals surface area contributed by atoms with Crippen molar-refractivity contribution in [3.05, 3.63) is 64.2 Å². The van der Waals surface area contributed by atoms with Gasteiger partial charge < -0.3 is 19.8 Å². The number of aliphatic hydroxyl groups is 1. The minimum absolute atomic E-state index is 0.0504. The van der Waals surface area contributed by atoms with Crippen LogP contribution in [-0.4, -0.2) is 40.0 Å². The maximum atomic E-state index is 13.4. The summed E-state index contributed by atoms with van der Waals surface area (Å²) in [6.45, 7) is 5.92. The Labute approximate surface area is 200 Å². The second-order valence-electron chi connectivity index (χ2n) is 9.66. The number of methoxy groups -OCH3 is 1. The summed E-state index contributed by atoms with van der Waals surface area (Å²) in [7, 11) is 1.61. The zero-order valence-corrected chi connectivity index (χ0v) is 20.3. The largest absolute Gasteiger partial charge is 0.508 e. The number of ketones is 1. The first-order valence-electron chi connectivity index (χ1n) is 12.0. The van der Waals surface area contributed by atoms with Crippen molar-refractivity contribution in [3.8, 4) is 11.5 Å². The number of rotatable bonds is 5. The molecule has 2 aromatic carbocycles. The number of phenolic OH excluding ortho intramolecular Hbond substituents is 1. The van der Waals surface area contributed by atoms with Crippen LogP contribution in [0.15, 0.2) is 42.0 Å². The first-order valence-corrected chi connectivity index (χ1v) is 12.0. The van der Waals surface area contributed by atoms with Crippen molar-refractivity contribution >= 4 is 17.4 Å². The number of phenols is 1. The number of ether oxygens (including phenoxy) is 1. The normalized spacial score (nSPS) is 20.9. The lowest BCUT2D eigenvalue weighted by Crippen LogP contribution is -2.40. The van der Waals surface area contributed by atoms with Gasteiger partial charge in [0.25, 0.3) is 11.7 Å². The van der Waals surface area contributed by atoms with E-state index in [2.05, 4.69) is 0 Å². The zero-order chi connectivity index (χ0) is 24.6. The van der Waals surface area contributed by atoms with Crippen LogP contribution in [0.25, 0.3) is 5.76 Å². The standard InChI is InChI=1S/C28H33NO5/c1-16(2)21-15-22(17(3)13-23(21)34-4)26(31)24-25(18-9-8-12-20(30)14-18)29(28(33)27(24)32)19-10-6-5-7-11-19/h8-9,12-16,19,25,30-31H,5-7,10-11H2,1-4H3/b26-24+. The molecule has 1 saturated heterocycles. The third-order valence-electron chi connectivity index (χ3n) is 7.09. The van der Waals surface area contributed by atoms with Gasteiger partial charge in [-0.25, -0.2) is 0 Å². The Bertz CT molecular complexity index is 1140. The number of benzene rings is 2. The molecule has 6 nitrogen and oxygen atoms in total. The molecule has 0 bridgehead atoms. The second-order valence-corrected chi connectivity index (χ2v) is 9.66. The number of aryl methyl sites for hydroxylation is 1. The summed E-state index contributed by atoms with van der Waals surface area (Å²) < 4.78 is 5.53. The number of carbonyl (C=O) groups is 2. The summed E-state index contributed by atoms with van der Waals surface area (Å²) >= 11 is 0. The molecule has 2 aliphatic rings. The van der Waals surface area contributed by atoms with Crippen LogP contribution < -0.4 is 4.74 Å². The highest BCUT2D eigenvalue weighted by Crippen LogP contribution is 2.44. The number of likely N-dealkylation sites (tertiary alicyclic amines) is 1. The number of aromatic hydroxyl groups is 1. The van der Waals surface area contributed by atoms with E-state index in [0.717, 1.165) is 49.0 Å². The predicted octanol–water partition coefficient (Wildman–Crippen LogP) is 5.59. The lowest BCUT2D eigenvalue weighted by molar-refractivity contribution is -0.141. The molecule has 1 unspecified atom stereocenters. The lowest BCUT2D eigenvalue weighted by atomic mass is 9.89. The maximum absolute atomic E-state index is 13.4. The summed E-state index contributed by atoms with van der Waals surface area (Å²) in [6.07, 6.45) is 4.74. The molecule has 1 atom stereocenters. The van der Waals surface area contributed by atoms with Gasteiger partial charge in [0.1, 0.15) is 17.3 Å². The first kappa shape index (κ1) is 23.9. The van der Waals surface area contributed by atoms with Crippen LogP contribution in [0.3, 0.4) is 0 Å². The molecule has 0 aromatic heterocycles. The Morgan fingerprint density at radius 2 is 1.79 bits per heavy atom. The molecule has 4 rings (SSSR count). The van der Waals surface area contributed by atoms with Crippen molar-refractivity contribution in [1.29, 1.82) is 0 Å². The second kappa shape index (κ2) is 9.53. The Hall–Kier alpha value is -3.28. The molecule has 1 aliphatic heterocycles. The molecular formula is C28H33NO5. The quantitative estimate of drug-likeness (QED) is 0.343. The number of hydrogen-bond donors (Lipinski definition) is 2. The lowest BCUT2D eigenvalue weighted by Gasteiger charge is -2.35. The summed E-state index contributed by atoms with van der Waals surface area (Å²) in [5.74, 6) is -0.555. The molecule has 1 heterocycles. The third-order valence-corrected chi connectivity index (χ3v) is 7.09. The summed E-state index contributed by atoms with van der Waals surface area (Å²) in [6, 6.07) is 9.48. The van der Waals surface area contributed by atoms with E-state index in [9.17, 15) is 19.8 Å². The fourth-order valence-electron chi connectivity index (χ4n) is 5.33. The van der Waals surface area contributed by atoms with Gasteiger partial charge in [0.2, 0.25) is 0 Å². The van der Waals surface area contributed by atoms with Crippen LogP contribution in [0.5, 0.6) is 11.5 Å². The van der Waals surface area contributed by atoms with Crippen molar-refractivity contribution in [2.75, 3.05) is 7.11 Å². The zero-order valence-electron chi connectivity index (χ0n) is 20.3. The van der Waals surface area contributed by atoms with E-state index < -0.39 is 17.7 Å². The van der Waals surface area contributed by atoms with Gasteiger partial charge in [-0.05, 0) is 66.6 Å². The van der Waals surface area contributed by atoms with E-state index in [4.69, 9.17) is 4.74 Å². The van der Waals surface area contributed by atoms with Crippen LogP contribution in [0.4, 0.5) is 0 Å². The van der Waals surface area contributed by atoms with Crippen LogP contribution in [0.1, 0.15) is 80.2 Å². The fraction of sp³-hybridized carbons (Fsp3) is 0.429. The number of hydrogen-bond acceptors (Lipinski definition) is 5. The summed E-state index contributed by atoms with van der Waals surface area (Å²) in [5.41, 5.74) is 2.85. The number of nitrogens with zero attached hydrogens (tertiary/aromatic N) is 1. The molecule has 0 radical (unpaired) electrons. The van der Waals surface area contributed by atoms with Crippen molar-refractivity contribution in [3.63, 3.8) is 0 Å². The number of Topliss-reactive ketones (excluding diaryl/α,β-unsaturated/α-hetero) is 1. The smallest absolute Gasteiger partial charge is 0.295 e. The Morgan fingerprint density at radius 1 is 1.09 bits per heavy atom. The van der Waals surface area contributed by atoms with E-state index in [0.29, 0.717) is 11.1 Å². The van der Waals surface area contributed by atoms with Crippen molar-refractivity contribution in [1.82, 2.24) is 4.90 Å². The highest BCUT2D eigenvalue weighted by Gasteiger charge is 2.49. The molecule has 0 spiro atoms. The van der Waals surface area contributed by atoms with Gasteiger partial charge in [0.05, 0.1) is 18.7 Å². The van der Waals surface area contributed by atoms with E-state index in [1.54, 1.807) is 36.3 Å². The topological polar surface area (TPSA) is 87.1 Å². The summed E-state index contributed by atoms with van der Waals surface area (Å²) in [5, 5.41) is 21.7. The molecule has 1 aliphatic carbocycles.